The molecule has 0 atom stereocenters. The summed E-state index contributed by atoms with van der Waals surface area (Å²) in [4.78, 5) is 14.6. The van der Waals surface area contributed by atoms with Gasteiger partial charge in [0.05, 0.1) is 0 Å². The van der Waals surface area contributed by atoms with E-state index in [9.17, 15) is 4.79 Å². The highest BCUT2D eigenvalue weighted by atomic mass is 79.9. The van der Waals surface area contributed by atoms with Crippen molar-refractivity contribution in [3.63, 3.8) is 0 Å². The molecule has 0 aliphatic carbocycles. The van der Waals surface area contributed by atoms with Gasteiger partial charge in [0, 0.05) is 27.8 Å². The predicted molar refractivity (Wildman–Crippen MR) is 77.6 cm³/mol. The number of nitrogen functional groups attached to an aromatic ring is 1. The second kappa shape index (κ2) is 4.57. The average Bonchev–Trinajstić information content (AvgIpc) is 2.62. The van der Waals surface area contributed by atoms with E-state index in [1.165, 1.54) is 0 Å². The summed E-state index contributed by atoms with van der Waals surface area (Å²) in [6.07, 6.45) is 2.13. The largest absolute Gasteiger partial charge is 0.398 e. The van der Waals surface area contributed by atoms with Gasteiger partial charge in [-0.2, -0.15) is 0 Å². The summed E-state index contributed by atoms with van der Waals surface area (Å²) in [7, 11) is 0. The first-order valence-corrected chi connectivity index (χ1v) is 7.00. The van der Waals surface area contributed by atoms with Gasteiger partial charge >= 0.3 is 0 Å². The van der Waals surface area contributed by atoms with Gasteiger partial charge in [-0.3, -0.25) is 4.79 Å². The Balaban J connectivity index is 2.41. The Kier molecular flexibility index (Phi) is 3.41. The van der Waals surface area contributed by atoms with Crippen molar-refractivity contribution in [2.45, 2.75) is 39.2 Å². The molecule has 18 heavy (non-hydrogen) atoms. The number of amides is 1. The van der Waals surface area contributed by atoms with Crippen molar-refractivity contribution in [2.24, 2.45) is 0 Å². The van der Waals surface area contributed by atoms with Crippen LogP contribution in [0, 0.1) is 6.92 Å². The number of halogens is 1. The minimum absolute atomic E-state index is 0.0550. The molecule has 4 heteroatoms. The van der Waals surface area contributed by atoms with Crippen molar-refractivity contribution in [1.82, 2.24) is 4.90 Å². The quantitative estimate of drug-likeness (QED) is 0.808. The van der Waals surface area contributed by atoms with Gasteiger partial charge in [0.25, 0.3) is 5.91 Å². The number of carbonyl (C=O) groups excluding carboxylic acids is 1. The SMILES string of the molecule is Cc1c(N)cc(Br)cc1C(=O)N1CCCC1(C)C. The molecule has 1 aliphatic heterocycles. The predicted octanol–water partition coefficient (Wildman–Crippen LogP) is 3.35. The van der Waals surface area contributed by atoms with E-state index in [-0.39, 0.29) is 11.4 Å². The first-order valence-electron chi connectivity index (χ1n) is 6.20. The Morgan fingerprint density at radius 3 is 2.67 bits per heavy atom. The first kappa shape index (κ1) is 13.4. The van der Waals surface area contributed by atoms with E-state index in [0.717, 1.165) is 29.4 Å². The van der Waals surface area contributed by atoms with E-state index >= 15 is 0 Å². The second-order valence-corrected chi connectivity index (χ2v) is 6.46. The molecule has 0 unspecified atom stereocenters. The van der Waals surface area contributed by atoms with E-state index in [0.29, 0.717) is 11.3 Å². The highest BCUT2D eigenvalue weighted by molar-refractivity contribution is 9.10. The van der Waals surface area contributed by atoms with Crippen molar-refractivity contribution in [3.8, 4) is 0 Å². The molecule has 1 aliphatic rings. The smallest absolute Gasteiger partial charge is 0.254 e. The number of nitrogens with zero attached hydrogens (tertiary/aromatic N) is 1. The zero-order chi connectivity index (χ0) is 13.5. The number of hydrogen-bond donors (Lipinski definition) is 1. The topological polar surface area (TPSA) is 46.3 Å². The fourth-order valence-electron chi connectivity index (χ4n) is 2.55. The molecule has 98 valence electrons. The van der Waals surface area contributed by atoms with Crippen LogP contribution in [0.2, 0.25) is 0 Å². The minimum Gasteiger partial charge on any atom is -0.398 e. The Morgan fingerprint density at radius 1 is 1.44 bits per heavy atom. The Morgan fingerprint density at radius 2 is 2.11 bits per heavy atom. The monoisotopic (exact) mass is 310 g/mol. The molecular weight excluding hydrogens is 292 g/mol. The third kappa shape index (κ3) is 2.26. The summed E-state index contributed by atoms with van der Waals surface area (Å²) in [5.74, 6) is 0.0861. The fourth-order valence-corrected chi connectivity index (χ4v) is 3.03. The van der Waals surface area contributed by atoms with Crippen LogP contribution in [-0.2, 0) is 0 Å². The summed E-state index contributed by atoms with van der Waals surface area (Å²) in [6.45, 7) is 6.97. The van der Waals surface area contributed by atoms with Gasteiger partial charge in [-0.15, -0.1) is 0 Å². The summed E-state index contributed by atoms with van der Waals surface area (Å²) < 4.78 is 0.853. The number of rotatable bonds is 1. The molecule has 0 radical (unpaired) electrons. The van der Waals surface area contributed by atoms with Crippen LogP contribution in [-0.4, -0.2) is 22.9 Å². The van der Waals surface area contributed by atoms with Gasteiger partial charge in [0.2, 0.25) is 0 Å². The number of hydrogen-bond acceptors (Lipinski definition) is 2. The van der Waals surface area contributed by atoms with E-state index in [4.69, 9.17) is 5.73 Å². The molecule has 1 heterocycles. The lowest BCUT2D eigenvalue weighted by atomic mass is 10.00. The van der Waals surface area contributed by atoms with Gasteiger partial charge in [-0.25, -0.2) is 0 Å². The van der Waals surface area contributed by atoms with Crippen LogP contribution in [0.3, 0.4) is 0 Å². The van der Waals surface area contributed by atoms with E-state index in [2.05, 4.69) is 29.8 Å². The molecule has 1 saturated heterocycles. The third-order valence-electron chi connectivity index (χ3n) is 3.79. The number of carbonyl (C=O) groups is 1. The first-order chi connectivity index (χ1) is 8.33. The van der Waals surface area contributed by atoms with Crippen LogP contribution < -0.4 is 5.73 Å². The van der Waals surface area contributed by atoms with E-state index in [1.807, 2.05) is 24.0 Å². The minimum atomic E-state index is -0.0550. The number of nitrogens with two attached hydrogens (primary N) is 1. The lowest BCUT2D eigenvalue weighted by Crippen LogP contribution is -2.42. The maximum atomic E-state index is 12.6. The van der Waals surface area contributed by atoms with Crippen LogP contribution in [0.5, 0.6) is 0 Å². The van der Waals surface area contributed by atoms with Crippen LogP contribution in [0.15, 0.2) is 16.6 Å². The molecule has 1 fully saturated rings. The second-order valence-electron chi connectivity index (χ2n) is 5.54. The Hall–Kier alpha value is -1.03. The summed E-state index contributed by atoms with van der Waals surface area (Å²) >= 11 is 3.40. The number of benzene rings is 1. The van der Waals surface area contributed by atoms with Crippen molar-refractivity contribution < 1.29 is 4.79 Å². The van der Waals surface area contributed by atoms with Crippen LogP contribution in [0.25, 0.3) is 0 Å². The van der Waals surface area contributed by atoms with Crippen molar-refractivity contribution in [2.75, 3.05) is 12.3 Å². The summed E-state index contributed by atoms with van der Waals surface area (Å²) in [5, 5.41) is 0. The molecule has 0 saturated carbocycles. The summed E-state index contributed by atoms with van der Waals surface area (Å²) in [5.41, 5.74) is 8.10. The van der Waals surface area contributed by atoms with Crippen LogP contribution in [0.4, 0.5) is 5.69 Å². The molecule has 3 nitrogen and oxygen atoms in total. The maximum Gasteiger partial charge on any atom is 0.254 e. The van der Waals surface area contributed by atoms with E-state index < -0.39 is 0 Å². The normalized spacial score (nSPS) is 18.1. The zero-order valence-corrected chi connectivity index (χ0v) is 12.7. The molecule has 1 aromatic carbocycles. The third-order valence-corrected chi connectivity index (χ3v) is 4.25. The molecule has 2 rings (SSSR count). The molecule has 1 amide bonds. The highest BCUT2D eigenvalue weighted by Gasteiger charge is 2.36. The van der Waals surface area contributed by atoms with Crippen molar-refractivity contribution in [3.05, 3.63) is 27.7 Å². The van der Waals surface area contributed by atoms with Crippen molar-refractivity contribution in [1.29, 1.82) is 0 Å². The number of anilines is 1. The maximum absolute atomic E-state index is 12.6. The molecule has 0 aromatic heterocycles. The highest BCUT2D eigenvalue weighted by Crippen LogP contribution is 2.32. The summed E-state index contributed by atoms with van der Waals surface area (Å²) in [6, 6.07) is 3.70. The van der Waals surface area contributed by atoms with Crippen LogP contribution >= 0.6 is 15.9 Å². The zero-order valence-electron chi connectivity index (χ0n) is 11.1. The Labute approximate surface area is 116 Å². The average molecular weight is 311 g/mol. The molecular formula is C14H19BrN2O. The van der Waals surface area contributed by atoms with E-state index in [1.54, 1.807) is 0 Å². The van der Waals surface area contributed by atoms with Gasteiger partial charge in [-0.05, 0) is 51.3 Å². The molecule has 0 spiro atoms. The molecule has 1 aromatic rings. The van der Waals surface area contributed by atoms with Gasteiger partial charge in [0.15, 0.2) is 0 Å². The van der Waals surface area contributed by atoms with Crippen molar-refractivity contribution >= 4 is 27.5 Å². The lowest BCUT2D eigenvalue weighted by molar-refractivity contribution is 0.0651. The standard InChI is InChI=1S/C14H19BrN2O/c1-9-11(7-10(15)8-12(9)16)13(18)17-6-4-5-14(17,2)3/h7-8H,4-6,16H2,1-3H3. The fraction of sp³-hybridized carbons (Fsp3) is 0.500. The van der Waals surface area contributed by atoms with Crippen LogP contribution in [0.1, 0.15) is 42.6 Å². The molecule has 2 N–H and O–H groups in total. The lowest BCUT2D eigenvalue weighted by Gasteiger charge is -2.32. The van der Waals surface area contributed by atoms with Gasteiger partial charge < -0.3 is 10.6 Å². The Bertz CT molecular complexity index is 497. The van der Waals surface area contributed by atoms with Gasteiger partial charge in [-0.1, -0.05) is 15.9 Å². The molecule has 0 bridgehead atoms. The van der Waals surface area contributed by atoms with Gasteiger partial charge in [0.1, 0.15) is 0 Å². The number of likely N-dealkylation sites (tertiary alicyclic amines) is 1.